The lowest BCUT2D eigenvalue weighted by atomic mass is 10.0. The van der Waals surface area contributed by atoms with Crippen LogP contribution in [0, 0.1) is 0 Å². The smallest absolute Gasteiger partial charge is 0.253 e. The largest absolute Gasteiger partial charge is 0.352 e. The number of carbonyl (C=O) groups excluding carboxylic acids is 2. The predicted octanol–water partition coefficient (Wildman–Crippen LogP) is 2.40. The molecule has 2 aromatic carbocycles. The van der Waals surface area contributed by atoms with Gasteiger partial charge in [0.1, 0.15) is 0 Å². The van der Waals surface area contributed by atoms with Gasteiger partial charge in [-0.1, -0.05) is 48.5 Å². The first-order valence-corrected chi connectivity index (χ1v) is 9.07. The zero-order valence-corrected chi connectivity index (χ0v) is 16.0. The first-order chi connectivity index (χ1) is 12.6. The Labute approximate surface area is 166 Å². The van der Waals surface area contributed by atoms with Crippen LogP contribution in [0.1, 0.15) is 28.8 Å². The maximum Gasteiger partial charge on any atom is 0.253 e. The predicted molar refractivity (Wildman–Crippen MR) is 109 cm³/mol. The van der Waals surface area contributed by atoms with Crippen molar-refractivity contribution in [2.24, 2.45) is 5.73 Å². The Morgan fingerprint density at radius 1 is 1.00 bits per heavy atom. The number of nitrogens with zero attached hydrogens (tertiary/aromatic N) is 1. The maximum atomic E-state index is 12.5. The second kappa shape index (κ2) is 10.1. The molecule has 3 N–H and O–H groups in total. The van der Waals surface area contributed by atoms with Gasteiger partial charge in [0.05, 0.1) is 6.04 Å². The molecule has 2 aromatic rings. The van der Waals surface area contributed by atoms with Crippen molar-refractivity contribution >= 4 is 24.2 Å². The number of carbonyl (C=O) groups is 2. The molecule has 6 heteroatoms. The molecule has 1 atom stereocenters. The summed E-state index contributed by atoms with van der Waals surface area (Å²) in [6, 6.07) is 18.6. The Kier molecular flexibility index (Phi) is 7.82. The van der Waals surface area contributed by atoms with Crippen molar-refractivity contribution in [2.45, 2.75) is 31.3 Å². The molecule has 2 amide bonds. The molecule has 1 aliphatic heterocycles. The van der Waals surface area contributed by atoms with Crippen molar-refractivity contribution in [1.29, 1.82) is 0 Å². The molecule has 1 saturated heterocycles. The summed E-state index contributed by atoms with van der Waals surface area (Å²) in [6.45, 7) is 1.29. The van der Waals surface area contributed by atoms with Gasteiger partial charge in [0.15, 0.2) is 0 Å². The highest BCUT2D eigenvalue weighted by molar-refractivity contribution is 5.94. The van der Waals surface area contributed by atoms with Crippen molar-refractivity contribution in [1.82, 2.24) is 10.2 Å². The van der Waals surface area contributed by atoms with Gasteiger partial charge < -0.3 is 16.0 Å². The average molecular weight is 388 g/mol. The Balaban J connectivity index is 0.00000261. The van der Waals surface area contributed by atoms with E-state index >= 15 is 0 Å². The number of piperidine rings is 1. The van der Waals surface area contributed by atoms with Gasteiger partial charge in [-0.2, -0.15) is 0 Å². The summed E-state index contributed by atoms with van der Waals surface area (Å²) in [6.07, 6.45) is 2.03. The molecule has 0 saturated carbocycles. The summed E-state index contributed by atoms with van der Waals surface area (Å²) < 4.78 is 0. The van der Waals surface area contributed by atoms with Crippen molar-refractivity contribution in [3.05, 3.63) is 71.8 Å². The molecule has 1 heterocycles. The summed E-state index contributed by atoms with van der Waals surface area (Å²) in [5.74, 6) is -0.0714. The second-order valence-electron chi connectivity index (χ2n) is 6.74. The van der Waals surface area contributed by atoms with E-state index < -0.39 is 6.04 Å². The summed E-state index contributed by atoms with van der Waals surface area (Å²) in [5, 5.41) is 3.04. The number of halogens is 1. The number of benzene rings is 2. The first kappa shape index (κ1) is 20.9. The summed E-state index contributed by atoms with van der Waals surface area (Å²) in [7, 11) is 0. The van der Waals surface area contributed by atoms with E-state index in [1.807, 2.05) is 65.6 Å². The van der Waals surface area contributed by atoms with Crippen molar-refractivity contribution in [3.63, 3.8) is 0 Å². The second-order valence-corrected chi connectivity index (χ2v) is 6.74. The topological polar surface area (TPSA) is 75.4 Å². The number of amides is 2. The van der Waals surface area contributed by atoms with Gasteiger partial charge in [-0.3, -0.25) is 9.59 Å². The standard InChI is InChI=1S/C21H25N3O2.ClH/c22-19(15-16-7-3-1-4-8-16)20(25)23-18-11-13-24(14-12-18)21(26)17-9-5-2-6-10-17;/h1-10,18-19H,11-15,22H2,(H,23,25);1H/t19-;/m0./s1. The van der Waals surface area contributed by atoms with E-state index in [0.29, 0.717) is 25.1 Å². The Morgan fingerprint density at radius 2 is 1.56 bits per heavy atom. The van der Waals surface area contributed by atoms with Crippen LogP contribution in [0.25, 0.3) is 0 Å². The third kappa shape index (κ3) is 5.81. The van der Waals surface area contributed by atoms with E-state index in [4.69, 9.17) is 5.73 Å². The van der Waals surface area contributed by atoms with Crippen LogP contribution in [0.2, 0.25) is 0 Å². The normalized spacial score (nSPS) is 15.5. The number of nitrogens with two attached hydrogens (primary N) is 1. The molecule has 0 spiro atoms. The molecule has 0 aromatic heterocycles. The van der Waals surface area contributed by atoms with Crippen molar-refractivity contribution in [3.8, 4) is 0 Å². The molecule has 0 aliphatic carbocycles. The summed E-state index contributed by atoms with van der Waals surface area (Å²) in [4.78, 5) is 26.6. The fourth-order valence-electron chi connectivity index (χ4n) is 3.26. The molecule has 5 nitrogen and oxygen atoms in total. The third-order valence-electron chi connectivity index (χ3n) is 4.78. The van der Waals surface area contributed by atoms with Crippen LogP contribution in [0.4, 0.5) is 0 Å². The number of likely N-dealkylation sites (tertiary alicyclic amines) is 1. The van der Waals surface area contributed by atoms with Crippen LogP contribution in [0.3, 0.4) is 0 Å². The zero-order chi connectivity index (χ0) is 18.4. The maximum absolute atomic E-state index is 12.5. The number of hydrogen-bond acceptors (Lipinski definition) is 3. The highest BCUT2D eigenvalue weighted by Crippen LogP contribution is 2.14. The van der Waals surface area contributed by atoms with Crippen LogP contribution >= 0.6 is 12.4 Å². The minimum absolute atomic E-state index is 0. The van der Waals surface area contributed by atoms with Crippen LogP contribution in [0.5, 0.6) is 0 Å². The fraction of sp³-hybridized carbons (Fsp3) is 0.333. The Morgan fingerprint density at radius 3 is 2.15 bits per heavy atom. The average Bonchev–Trinajstić information content (AvgIpc) is 2.69. The number of nitrogens with one attached hydrogen (secondary N) is 1. The number of rotatable bonds is 5. The molecular formula is C21H26ClN3O2. The van der Waals surface area contributed by atoms with Gasteiger partial charge in [0, 0.05) is 24.7 Å². The van der Waals surface area contributed by atoms with Gasteiger partial charge in [0.25, 0.3) is 5.91 Å². The van der Waals surface area contributed by atoms with Gasteiger partial charge in [-0.25, -0.2) is 0 Å². The SMILES string of the molecule is Cl.N[C@@H](Cc1ccccc1)C(=O)NC1CCN(C(=O)c2ccccc2)CC1. The van der Waals surface area contributed by atoms with Gasteiger partial charge in [-0.15, -0.1) is 12.4 Å². The van der Waals surface area contributed by atoms with E-state index in [1.165, 1.54) is 0 Å². The molecule has 27 heavy (non-hydrogen) atoms. The molecule has 1 fully saturated rings. The molecule has 144 valence electrons. The molecule has 0 unspecified atom stereocenters. The van der Waals surface area contributed by atoms with Gasteiger partial charge >= 0.3 is 0 Å². The van der Waals surface area contributed by atoms with Crippen LogP contribution in [-0.4, -0.2) is 41.9 Å². The van der Waals surface area contributed by atoms with E-state index in [-0.39, 0.29) is 30.3 Å². The Hall–Kier alpha value is -2.37. The highest BCUT2D eigenvalue weighted by Gasteiger charge is 2.25. The van der Waals surface area contributed by atoms with Gasteiger partial charge in [0.2, 0.25) is 5.91 Å². The first-order valence-electron chi connectivity index (χ1n) is 9.07. The lowest BCUT2D eigenvalue weighted by Crippen LogP contribution is -2.51. The third-order valence-corrected chi connectivity index (χ3v) is 4.78. The minimum atomic E-state index is -0.554. The monoisotopic (exact) mass is 387 g/mol. The van der Waals surface area contributed by atoms with Crippen molar-refractivity contribution in [2.75, 3.05) is 13.1 Å². The molecule has 1 aliphatic rings. The van der Waals surface area contributed by atoms with E-state index in [1.54, 1.807) is 0 Å². The highest BCUT2D eigenvalue weighted by atomic mass is 35.5. The number of hydrogen-bond donors (Lipinski definition) is 2. The summed E-state index contributed by atoms with van der Waals surface area (Å²) in [5.41, 5.74) is 7.80. The Bertz CT molecular complexity index is 732. The molecule has 3 rings (SSSR count). The van der Waals surface area contributed by atoms with E-state index in [9.17, 15) is 9.59 Å². The molecule has 0 bridgehead atoms. The zero-order valence-electron chi connectivity index (χ0n) is 15.2. The van der Waals surface area contributed by atoms with Crippen molar-refractivity contribution < 1.29 is 9.59 Å². The quantitative estimate of drug-likeness (QED) is 0.827. The minimum Gasteiger partial charge on any atom is -0.352 e. The van der Waals surface area contributed by atoms with Crippen LogP contribution < -0.4 is 11.1 Å². The molecular weight excluding hydrogens is 362 g/mol. The fourth-order valence-corrected chi connectivity index (χ4v) is 3.26. The lowest BCUT2D eigenvalue weighted by Gasteiger charge is -2.33. The van der Waals surface area contributed by atoms with Crippen LogP contribution in [0.15, 0.2) is 60.7 Å². The lowest BCUT2D eigenvalue weighted by molar-refractivity contribution is -0.123. The van der Waals surface area contributed by atoms with Gasteiger partial charge in [-0.05, 0) is 37.0 Å². The summed E-state index contributed by atoms with van der Waals surface area (Å²) >= 11 is 0. The van der Waals surface area contributed by atoms with E-state index in [0.717, 1.165) is 18.4 Å². The van der Waals surface area contributed by atoms with Crippen LogP contribution in [-0.2, 0) is 11.2 Å². The van der Waals surface area contributed by atoms with E-state index in [2.05, 4.69) is 5.32 Å². The molecule has 0 radical (unpaired) electrons.